The molecule has 2 radical (unpaired) electrons. The van der Waals surface area contributed by atoms with Crippen molar-refractivity contribution >= 4 is 43.3 Å². The normalized spacial score (nSPS) is 16.6. The maximum absolute atomic E-state index is 15.2. The van der Waals surface area contributed by atoms with E-state index in [0.29, 0.717) is 75.8 Å². The molecule has 46 heavy (non-hydrogen) atoms. The van der Waals surface area contributed by atoms with Crippen LogP contribution >= 0.6 is 0 Å². The summed E-state index contributed by atoms with van der Waals surface area (Å²) in [5.74, 6) is -2.13. The molecule has 0 saturated heterocycles. The highest BCUT2D eigenvalue weighted by molar-refractivity contribution is 6.27. The van der Waals surface area contributed by atoms with Crippen molar-refractivity contribution in [1.82, 2.24) is 25.5 Å². The van der Waals surface area contributed by atoms with Crippen LogP contribution in [0, 0.1) is 12.7 Å². The van der Waals surface area contributed by atoms with E-state index >= 15 is 4.39 Å². The average Bonchev–Trinajstić information content (AvgIpc) is 3.39. The van der Waals surface area contributed by atoms with Crippen molar-refractivity contribution in [2.75, 3.05) is 20.4 Å². The Labute approximate surface area is 265 Å². The Morgan fingerprint density at radius 3 is 2.72 bits per heavy atom. The van der Waals surface area contributed by atoms with Crippen LogP contribution in [0.4, 0.5) is 4.39 Å². The Morgan fingerprint density at radius 1 is 1.28 bits per heavy atom. The van der Waals surface area contributed by atoms with Gasteiger partial charge in [0.25, 0.3) is 5.56 Å². The van der Waals surface area contributed by atoms with Crippen LogP contribution in [0.25, 0.3) is 22.3 Å². The number of methoxy groups -OCH3 is 1. The number of aryl methyl sites for hydroxylation is 1. The van der Waals surface area contributed by atoms with Crippen LogP contribution in [0.3, 0.4) is 0 Å². The molecular formula is C32H35BFN5O7. The van der Waals surface area contributed by atoms with Crippen LogP contribution in [0.2, 0.25) is 0 Å². The first-order valence-corrected chi connectivity index (χ1v) is 15.0. The molecule has 0 spiro atoms. The second-order valence-electron chi connectivity index (χ2n) is 11.7. The highest BCUT2D eigenvalue weighted by Gasteiger charge is 2.37. The zero-order valence-corrected chi connectivity index (χ0v) is 26.1. The molecule has 1 aliphatic carbocycles. The van der Waals surface area contributed by atoms with E-state index in [4.69, 9.17) is 22.3 Å². The average molecular weight is 631 g/mol. The predicted molar refractivity (Wildman–Crippen MR) is 167 cm³/mol. The van der Waals surface area contributed by atoms with Gasteiger partial charge in [-0.1, -0.05) is 6.92 Å². The molecule has 0 saturated carbocycles. The van der Waals surface area contributed by atoms with Crippen LogP contribution in [-0.2, 0) is 48.2 Å². The fraction of sp³-hybridized carbons (Fsp3) is 0.438. The number of pyridine rings is 2. The summed E-state index contributed by atoms with van der Waals surface area (Å²) in [5.41, 5.74) is 2.81. The maximum Gasteiger partial charge on any atom is 0.257 e. The number of nitrogens with one attached hydrogen (secondary N) is 3. The van der Waals surface area contributed by atoms with E-state index in [2.05, 4.69) is 16.0 Å². The number of rotatable bonds is 13. The Hall–Kier alpha value is -4.43. The molecule has 12 nitrogen and oxygen atoms in total. The number of amides is 3. The molecule has 1 aliphatic heterocycles. The number of carbonyl (C=O) groups is 4. The monoisotopic (exact) mass is 631 g/mol. The zero-order chi connectivity index (χ0) is 33.3. The van der Waals surface area contributed by atoms with Crippen molar-refractivity contribution in [2.45, 2.75) is 70.6 Å². The number of hydrogen-bond acceptors (Lipinski definition) is 8. The van der Waals surface area contributed by atoms with Crippen LogP contribution in [0.5, 0.6) is 0 Å². The molecule has 3 N–H and O–H groups in total. The lowest BCUT2D eigenvalue weighted by atomic mass is 9.79. The fourth-order valence-corrected chi connectivity index (χ4v) is 6.35. The maximum atomic E-state index is 15.2. The first-order valence-electron chi connectivity index (χ1n) is 15.0. The van der Waals surface area contributed by atoms with Gasteiger partial charge in [-0.2, -0.15) is 0 Å². The number of fused-ring (bicyclic) bond motifs is 4. The van der Waals surface area contributed by atoms with E-state index in [0.717, 1.165) is 11.8 Å². The lowest BCUT2D eigenvalue weighted by molar-refractivity contribution is -0.139. The predicted octanol–water partition coefficient (Wildman–Crippen LogP) is 1.54. The summed E-state index contributed by atoms with van der Waals surface area (Å²) in [4.78, 5) is 66.4. The largest absolute Gasteiger partial charge is 0.380 e. The highest BCUT2D eigenvalue weighted by atomic mass is 19.1. The Bertz CT molecular complexity index is 1810. The van der Waals surface area contributed by atoms with E-state index in [9.17, 15) is 24.0 Å². The summed E-state index contributed by atoms with van der Waals surface area (Å²) in [5, 5.41) is 8.32. The van der Waals surface area contributed by atoms with E-state index in [1.54, 1.807) is 17.6 Å². The second-order valence-corrected chi connectivity index (χ2v) is 11.7. The van der Waals surface area contributed by atoms with Gasteiger partial charge in [0.15, 0.2) is 0 Å². The summed E-state index contributed by atoms with van der Waals surface area (Å²) in [6.45, 7) is 4.44. The van der Waals surface area contributed by atoms with Crippen LogP contribution in [0.15, 0.2) is 16.9 Å². The van der Waals surface area contributed by atoms with E-state index in [1.165, 1.54) is 20.1 Å². The topological polar surface area (TPSA) is 158 Å². The second kappa shape index (κ2) is 13.1. The van der Waals surface area contributed by atoms with E-state index < -0.39 is 35.1 Å². The summed E-state index contributed by atoms with van der Waals surface area (Å²) >= 11 is 0. The van der Waals surface area contributed by atoms with Crippen molar-refractivity contribution in [3.8, 4) is 11.4 Å². The summed E-state index contributed by atoms with van der Waals surface area (Å²) < 4.78 is 27.6. The number of hydrogen-bond donors (Lipinski definition) is 3. The van der Waals surface area contributed by atoms with Gasteiger partial charge in [0, 0.05) is 35.6 Å². The number of aldehydes is 1. The van der Waals surface area contributed by atoms with Crippen molar-refractivity contribution in [3.63, 3.8) is 0 Å². The first kappa shape index (κ1) is 33.0. The fourth-order valence-electron chi connectivity index (χ4n) is 6.35. The molecule has 3 heterocycles. The van der Waals surface area contributed by atoms with Gasteiger partial charge in [-0.3, -0.25) is 19.2 Å². The van der Waals surface area contributed by atoms with Crippen LogP contribution in [0.1, 0.15) is 72.0 Å². The summed E-state index contributed by atoms with van der Waals surface area (Å²) in [6, 6.07) is 2.56. The Kier molecular flexibility index (Phi) is 9.40. The van der Waals surface area contributed by atoms with Crippen molar-refractivity contribution in [1.29, 1.82) is 0 Å². The molecule has 3 aromatic rings. The Balaban J connectivity index is 1.58. The molecule has 14 heteroatoms. The van der Waals surface area contributed by atoms with Gasteiger partial charge < -0.3 is 34.8 Å². The van der Waals surface area contributed by atoms with E-state index in [-0.39, 0.29) is 32.0 Å². The lowest BCUT2D eigenvalue weighted by Crippen LogP contribution is -2.50. The first-order chi connectivity index (χ1) is 22.0. The van der Waals surface area contributed by atoms with Crippen LogP contribution in [-0.4, -0.2) is 67.8 Å². The molecule has 2 aromatic heterocycles. The molecule has 0 bridgehead atoms. The van der Waals surface area contributed by atoms with Crippen molar-refractivity contribution in [2.24, 2.45) is 0 Å². The third-order valence-electron chi connectivity index (χ3n) is 8.81. The van der Waals surface area contributed by atoms with Crippen molar-refractivity contribution in [3.05, 3.63) is 61.7 Å². The number of nitrogens with zero attached hydrogens (tertiary/aromatic N) is 2. The number of ether oxygens (including phenoxy) is 2. The zero-order valence-electron chi connectivity index (χ0n) is 26.1. The number of aromatic nitrogens is 2. The lowest BCUT2D eigenvalue weighted by Gasteiger charge is -2.33. The third kappa shape index (κ3) is 5.82. The minimum Gasteiger partial charge on any atom is -0.380 e. The quantitative estimate of drug-likeness (QED) is 0.114. The molecular weight excluding hydrogens is 596 g/mol. The minimum atomic E-state index is -1.85. The van der Waals surface area contributed by atoms with Crippen molar-refractivity contribution < 1.29 is 33.0 Å². The molecule has 5 rings (SSSR count). The summed E-state index contributed by atoms with van der Waals surface area (Å²) in [7, 11) is 7.69. The van der Waals surface area contributed by atoms with Gasteiger partial charge in [0.2, 0.25) is 18.2 Å². The molecule has 1 aromatic carbocycles. The Morgan fingerprint density at radius 2 is 2.04 bits per heavy atom. The third-order valence-corrected chi connectivity index (χ3v) is 8.81. The van der Waals surface area contributed by atoms with Gasteiger partial charge in [-0.15, -0.1) is 0 Å². The molecule has 240 valence electrons. The molecule has 3 amide bonds. The van der Waals surface area contributed by atoms with E-state index in [1.807, 2.05) is 6.92 Å². The molecule has 2 aliphatic rings. The number of halogens is 1. The highest BCUT2D eigenvalue weighted by Crippen LogP contribution is 2.45. The van der Waals surface area contributed by atoms with Crippen LogP contribution < -0.4 is 21.5 Å². The molecule has 3 unspecified atom stereocenters. The van der Waals surface area contributed by atoms with Gasteiger partial charge >= 0.3 is 0 Å². The van der Waals surface area contributed by atoms with Gasteiger partial charge in [-0.05, 0) is 61.4 Å². The number of benzene rings is 1. The SMILES string of the molecule is [B]C(C)(OCNC(=O)CNC=O)C(=O)NC1CCc2c(C)c(F)cc3nc4c(c1c23)Cn1c-4cc(C(C=O)CC)c(COC)c1=O. The van der Waals surface area contributed by atoms with Gasteiger partial charge in [0.1, 0.15) is 32.2 Å². The number of carbonyl (C=O) groups excluding carboxylic acids is 4. The van der Waals surface area contributed by atoms with Gasteiger partial charge in [-0.25, -0.2) is 9.37 Å². The van der Waals surface area contributed by atoms with Gasteiger partial charge in [0.05, 0.1) is 42.6 Å². The molecule has 3 atom stereocenters. The molecule has 0 fully saturated rings. The standard InChI is InChI=1S/C32H35BFN5O7/c1-5-17(12-40)19-8-25-29-20(11-39(25)30(43)21(19)13-45-4)28-23(7-6-18-16(2)22(34)9-24(37-29)27(18)28)38-31(44)32(3,33)46-15-36-26(42)10-35-14-41/h8-9,12,14,17,23H,5-7,10-11,13,15H2,1-4H3,(H,35,41)(H,36,42)(H,38,44). The smallest absolute Gasteiger partial charge is 0.257 e. The minimum absolute atomic E-state index is 0.0216. The summed E-state index contributed by atoms with van der Waals surface area (Å²) in [6.07, 6.45) is 2.53.